The van der Waals surface area contributed by atoms with E-state index in [9.17, 15) is 0 Å². The Balaban J connectivity index is 1.55. The van der Waals surface area contributed by atoms with Crippen LogP contribution < -0.4 is 0 Å². The van der Waals surface area contributed by atoms with E-state index in [0.717, 1.165) is 25.0 Å². The van der Waals surface area contributed by atoms with Gasteiger partial charge in [-0.05, 0) is 86.7 Å². The van der Waals surface area contributed by atoms with Crippen LogP contribution in [0.25, 0.3) is 0 Å². The average Bonchev–Trinajstić information content (AvgIpc) is 3.03. The molecular formula is C20H38N6. The fraction of sp³-hybridized carbons (Fsp3) is 0.900. The van der Waals surface area contributed by atoms with Crippen LogP contribution in [0, 0.1) is 0 Å². The Hall–Kier alpha value is -0.980. The minimum Gasteiger partial charge on any atom is -0.314 e. The largest absolute Gasteiger partial charge is 0.314 e. The van der Waals surface area contributed by atoms with Gasteiger partial charge in [0.15, 0.2) is 0 Å². The van der Waals surface area contributed by atoms with Crippen LogP contribution in [0.15, 0.2) is 0 Å². The van der Waals surface area contributed by atoms with Crippen molar-refractivity contribution < 1.29 is 0 Å². The highest BCUT2D eigenvalue weighted by Gasteiger charge is 2.31. The molecule has 2 aliphatic rings. The summed E-state index contributed by atoms with van der Waals surface area (Å²) in [5.41, 5.74) is 0. The third kappa shape index (κ3) is 4.46. The Morgan fingerprint density at radius 2 is 1.65 bits per heavy atom. The van der Waals surface area contributed by atoms with Crippen LogP contribution in [0.2, 0.25) is 0 Å². The molecule has 0 unspecified atom stereocenters. The molecule has 2 saturated heterocycles. The van der Waals surface area contributed by atoms with Crippen LogP contribution in [0.4, 0.5) is 0 Å². The molecule has 26 heavy (non-hydrogen) atoms. The predicted molar refractivity (Wildman–Crippen MR) is 106 cm³/mol. The summed E-state index contributed by atoms with van der Waals surface area (Å²) >= 11 is 0. The van der Waals surface area contributed by atoms with Gasteiger partial charge in [0.1, 0.15) is 11.6 Å². The Labute approximate surface area is 159 Å². The average molecular weight is 363 g/mol. The van der Waals surface area contributed by atoms with Gasteiger partial charge in [-0.3, -0.25) is 0 Å². The summed E-state index contributed by atoms with van der Waals surface area (Å²) in [6.07, 6.45) is 5.12. The first-order chi connectivity index (χ1) is 12.5. The van der Waals surface area contributed by atoms with Crippen LogP contribution >= 0.6 is 0 Å². The number of nitrogens with zero attached hydrogens (tertiary/aromatic N) is 6. The second-order valence-corrected chi connectivity index (χ2v) is 8.63. The molecule has 3 heterocycles. The molecule has 3 rings (SSSR count). The van der Waals surface area contributed by atoms with Gasteiger partial charge in [-0.25, -0.2) is 0 Å². The molecule has 2 fully saturated rings. The van der Waals surface area contributed by atoms with E-state index in [1.165, 1.54) is 57.7 Å². The Morgan fingerprint density at radius 3 is 2.19 bits per heavy atom. The fourth-order valence-corrected chi connectivity index (χ4v) is 4.69. The summed E-state index contributed by atoms with van der Waals surface area (Å²) < 4.78 is 2.35. The number of likely N-dealkylation sites (tertiary alicyclic amines) is 2. The van der Waals surface area contributed by atoms with Crippen molar-refractivity contribution in [2.24, 2.45) is 0 Å². The van der Waals surface area contributed by atoms with Gasteiger partial charge in [0.05, 0.1) is 6.54 Å². The molecule has 6 nitrogen and oxygen atoms in total. The molecule has 0 atom stereocenters. The molecular weight excluding hydrogens is 324 g/mol. The number of hydrogen-bond donors (Lipinski definition) is 0. The van der Waals surface area contributed by atoms with Gasteiger partial charge in [-0.1, -0.05) is 0 Å². The number of rotatable bonds is 6. The molecule has 1 aromatic heterocycles. The molecule has 0 radical (unpaired) electrons. The lowest BCUT2D eigenvalue weighted by Crippen LogP contribution is -2.49. The summed E-state index contributed by atoms with van der Waals surface area (Å²) in [6.45, 7) is 13.7. The maximum atomic E-state index is 4.59. The summed E-state index contributed by atoms with van der Waals surface area (Å²) in [6, 6.07) is 1.48. The molecule has 148 valence electrons. The third-order valence-corrected chi connectivity index (χ3v) is 6.27. The van der Waals surface area contributed by atoms with Crippen molar-refractivity contribution in [3.63, 3.8) is 0 Å². The Morgan fingerprint density at radius 1 is 1.00 bits per heavy atom. The van der Waals surface area contributed by atoms with Crippen LogP contribution in [0.3, 0.4) is 0 Å². The second-order valence-electron chi connectivity index (χ2n) is 8.63. The minimum absolute atomic E-state index is 0.574. The van der Waals surface area contributed by atoms with Crippen molar-refractivity contribution in [2.75, 3.05) is 40.3 Å². The van der Waals surface area contributed by atoms with Gasteiger partial charge in [-0.15, -0.1) is 10.2 Å². The lowest BCUT2D eigenvalue weighted by Gasteiger charge is -2.42. The molecule has 0 aromatic carbocycles. The molecule has 2 aliphatic heterocycles. The van der Waals surface area contributed by atoms with Crippen molar-refractivity contribution in [3.05, 3.63) is 11.6 Å². The molecule has 0 aliphatic carbocycles. The van der Waals surface area contributed by atoms with Gasteiger partial charge in [0.25, 0.3) is 0 Å². The van der Waals surface area contributed by atoms with E-state index in [1.54, 1.807) is 0 Å². The maximum absolute atomic E-state index is 4.59. The molecule has 0 spiro atoms. The van der Waals surface area contributed by atoms with Crippen LogP contribution in [0.1, 0.15) is 64.0 Å². The molecule has 0 N–H and O–H groups in total. The highest BCUT2D eigenvalue weighted by atomic mass is 15.3. The zero-order chi connectivity index (χ0) is 18.7. The Bertz CT molecular complexity index is 551. The monoisotopic (exact) mass is 362 g/mol. The standard InChI is InChI=1S/C20H38N6/c1-6-26-19(15-23(4)5)21-22-20(26)17-7-11-25(12-8-17)18-9-13-24(14-10-18)16(2)3/h16-18H,6-15H2,1-5H3. The SMILES string of the molecule is CCn1c(CN(C)C)nnc1C1CCN(C2CCN(C(C)C)CC2)CC1. The second kappa shape index (κ2) is 8.81. The topological polar surface area (TPSA) is 40.4 Å². The summed E-state index contributed by atoms with van der Waals surface area (Å²) in [7, 11) is 4.19. The fourth-order valence-electron chi connectivity index (χ4n) is 4.69. The lowest BCUT2D eigenvalue weighted by molar-refractivity contribution is 0.0743. The zero-order valence-corrected chi connectivity index (χ0v) is 17.5. The highest BCUT2D eigenvalue weighted by Crippen LogP contribution is 2.30. The van der Waals surface area contributed by atoms with E-state index in [1.807, 2.05) is 0 Å². The summed E-state index contributed by atoms with van der Waals surface area (Å²) in [5, 5.41) is 9.08. The zero-order valence-electron chi connectivity index (χ0n) is 17.5. The molecule has 0 amide bonds. The van der Waals surface area contributed by atoms with E-state index in [-0.39, 0.29) is 0 Å². The van der Waals surface area contributed by atoms with Gasteiger partial charge in [0.2, 0.25) is 0 Å². The van der Waals surface area contributed by atoms with E-state index < -0.39 is 0 Å². The number of piperidine rings is 2. The normalized spacial score (nSPS) is 22.0. The first-order valence-corrected chi connectivity index (χ1v) is 10.5. The highest BCUT2D eigenvalue weighted by molar-refractivity contribution is 5.04. The molecule has 0 saturated carbocycles. The van der Waals surface area contributed by atoms with Crippen molar-refractivity contribution in [3.8, 4) is 0 Å². The first-order valence-electron chi connectivity index (χ1n) is 10.5. The van der Waals surface area contributed by atoms with Crippen LogP contribution in [-0.2, 0) is 13.1 Å². The van der Waals surface area contributed by atoms with E-state index in [4.69, 9.17) is 0 Å². The number of aromatic nitrogens is 3. The van der Waals surface area contributed by atoms with Gasteiger partial charge in [0, 0.05) is 24.5 Å². The first kappa shape index (κ1) is 19.8. The molecule has 1 aromatic rings. The van der Waals surface area contributed by atoms with Crippen LogP contribution in [0.5, 0.6) is 0 Å². The Kier molecular flexibility index (Phi) is 6.70. The minimum atomic E-state index is 0.574. The summed E-state index contributed by atoms with van der Waals surface area (Å²) in [4.78, 5) is 7.55. The smallest absolute Gasteiger partial charge is 0.147 e. The van der Waals surface area contributed by atoms with Crippen molar-refractivity contribution in [1.82, 2.24) is 29.5 Å². The van der Waals surface area contributed by atoms with Gasteiger partial charge >= 0.3 is 0 Å². The van der Waals surface area contributed by atoms with Crippen molar-refractivity contribution >= 4 is 0 Å². The van der Waals surface area contributed by atoms with Gasteiger partial charge in [-0.2, -0.15) is 0 Å². The van der Waals surface area contributed by atoms with Gasteiger partial charge < -0.3 is 19.3 Å². The van der Waals surface area contributed by atoms with E-state index in [0.29, 0.717) is 12.0 Å². The molecule has 0 bridgehead atoms. The van der Waals surface area contributed by atoms with Crippen molar-refractivity contribution in [1.29, 1.82) is 0 Å². The van der Waals surface area contributed by atoms with E-state index >= 15 is 0 Å². The van der Waals surface area contributed by atoms with Crippen molar-refractivity contribution in [2.45, 2.75) is 77.5 Å². The molecule has 6 heteroatoms. The van der Waals surface area contributed by atoms with Crippen LogP contribution in [-0.4, -0.2) is 81.8 Å². The summed E-state index contributed by atoms with van der Waals surface area (Å²) in [5.74, 6) is 2.90. The lowest BCUT2D eigenvalue weighted by atomic mass is 9.92. The maximum Gasteiger partial charge on any atom is 0.147 e. The quantitative estimate of drug-likeness (QED) is 0.777. The third-order valence-electron chi connectivity index (χ3n) is 6.27. The van der Waals surface area contributed by atoms with E-state index in [2.05, 4.69) is 64.3 Å². The predicted octanol–water partition coefficient (Wildman–Crippen LogP) is 2.41. The number of hydrogen-bond acceptors (Lipinski definition) is 5.